The van der Waals surface area contributed by atoms with E-state index in [9.17, 15) is 4.79 Å². The zero-order valence-electron chi connectivity index (χ0n) is 11.2. The van der Waals surface area contributed by atoms with Crippen molar-refractivity contribution in [2.24, 2.45) is 0 Å². The summed E-state index contributed by atoms with van der Waals surface area (Å²) >= 11 is 5.16. The van der Waals surface area contributed by atoms with Crippen molar-refractivity contribution in [1.82, 2.24) is 20.1 Å². The summed E-state index contributed by atoms with van der Waals surface area (Å²) in [6.45, 7) is 6.81. The quantitative estimate of drug-likeness (QED) is 0.606. The first-order valence-corrected chi connectivity index (χ1v) is 6.33. The average molecular weight is 272 g/mol. The smallest absolute Gasteiger partial charge is 0.243 e. The van der Waals surface area contributed by atoms with Crippen LogP contribution >= 0.6 is 12.2 Å². The monoisotopic (exact) mass is 272 g/mol. The molecule has 0 aliphatic rings. The number of aromatic amines is 1. The van der Waals surface area contributed by atoms with Crippen molar-refractivity contribution in [2.45, 2.75) is 32.7 Å². The van der Waals surface area contributed by atoms with Crippen molar-refractivity contribution in [1.29, 1.82) is 0 Å². The van der Waals surface area contributed by atoms with Crippen molar-refractivity contribution in [3.63, 3.8) is 0 Å². The first-order chi connectivity index (χ1) is 8.49. The van der Waals surface area contributed by atoms with Gasteiger partial charge in [-0.25, -0.2) is 0 Å². The topological polar surface area (TPSA) is 71.9 Å². The maximum absolute atomic E-state index is 12.0. The fraction of sp³-hybridized carbons (Fsp3) is 0.727. The number of nitrogens with one attached hydrogen (secondary N) is 2. The summed E-state index contributed by atoms with van der Waals surface area (Å²) in [6.07, 6.45) is 0. The number of rotatable bonds is 6. The molecule has 1 aromatic heterocycles. The highest BCUT2D eigenvalue weighted by Gasteiger charge is 2.20. The SMILES string of the molecule is COCCNC(=O)C(C)n1c(C(C)C)n[nH]c1=S. The van der Waals surface area contributed by atoms with Gasteiger partial charge in [0.2, 0.25) is 5.91 Å². The van der Waals surface area contributed by atoms with Crippen molar-refractivity contribution < 1.29 is 9.53 Å². The molecule has 0 saturated heterocycles. The lowest BCUT2D eigenvalue weighted by molar-refractivity contribution is -0.124. The number of carbonyl (C=O) groups is 1. The number of amides is 1. The number of carbonyl (C=O) groups excluding carboxylic acids is 1. The standard InChI is InChI=1S/C11H20N4O2S/c1-7(2)9-13-14-11(18)15(9)8(3)10(16)12-5-6-17-4/h7-8H,5-6H2,1-4H3,(H,12,16)(H,14,18). The maximum atomic E-state index is 12.0. The molecule has 2 N–H and O–H groups in total. The van der Waals surface area contributed by atoms with Crippen molar-refractivity contribution >= 4 is 18.1 Å². The molecule has 0 radical (unpaired) electrons. The van der Waals surface area contributed by atoms with E-state index in [0.29, 0.717) is 17.9 Å². The molecule has 6 nitrogen and oxygen atoms in total. The summed E-state index contributed by atoms with van der Waals surface area (Å²) < 4.78 is 7.11. The van der Waals surface area contributed by atoms with Crippen LogP contribution in [0, 0.1) is 4.77 Å². The van der Waals surface area contributed by atoms with Crippen LogP contribution in [0.5, 0.6) is 0 Å². The van der Waals surface area contributed by atoms with Crippen LogP contribution in [0.4, 0.5) is 0 Å². The summed E-state index contributed by atoms with van der Waals surface area (Å²) in [7, 11) is 1.60. The molecular weight excluding hydrogens is 252 g/mol. The van der Waals surface area contributed by atoms with E-state index in [0.717, 1.165) is 5.82 Å². The molecule has 0 bridgehead atoms. The zero-order valence-corrected chi connectivity index (χ0v) is 12.0. The van der Waals surface area contributed by atoms with Gasteiger partial charge in [-0.15, -0.1) is 0 Å². The van der Waals surface area contributed by atoms with Crippen LogP contribution in [0.15, 0.2) is 0 Å². The van der Waals surface area contributed by atoms with Gasteiger partial charge < -0.3 is 10.1 Å². The number of aromatic nitrogens is 3. The predicted molar refractivity (Wildman–Crippen MR) is 71.1 cm³/mol. The van der Waals surface area contributed by atoms with E-state index in [1.807, 2.05) is 13.8 Å². The third kappa shape index (κ3) is 3.39. The Morgan fingerprint density at radius 3 is 2.78 bits per heavy atom. The molecule has 0 fully saturated rings. The van der Waals surface area contributed by atoms with Gasteiger partial charge in [-0.05, 0) is 19.1 Å². The number of hydrogen-bond acceptors (Lipinski definition) is 4. The van der Waals surface area contributed by atoms with E-state index in [-0.39, 0.29) is 17.9 Å². The van der Waals surface area contributed by atoms with Gasteiger partial charge >= 0.3 is 0 Å². The van der Waals surface area contributed by atoms with Gasteiger partial charge in [0.1, 0.15) is 11.9 Å². The third-order valence-corrected chi connectivity index (χ3v) is 2.91. The van der Waals surface area contributed by atoms with E-state index < -0.39 is 0 Å². The van der Waals surface area contributed by atoms with Gasteiger partial charge in [-0.1, -0.05) is 13.8 Å². The third-order valence-electron chi connectivity index (χ3n) is 2.62. The molecule has 0 aromatic carbocycles. The summed E-state index contributed by atoms with van der Waals surface area (Å²) in [5, 5.41) is 9.68. The Hall–Kier alpha value is -1.21. The molecule has 1 rings (SSSR count). The minimum Gasteiger partial charge on any atom is -0.383 e. The van der Waals surface area contributed by atoms with E-state index >= 15 is 0 Å². The predicted octanol–water partition coefficient (Wildman–Crippen LogP) is 1.39. The molecule has 7 heteroatoms. The fourth-order valence-electron chi connectivity index (χ4n) is 1.64. The van der Waals surface area contributed by atoms with Crippen molar-refractivity contribution in [3.05, 3.63) is 10.6 Å². The highest BCUT2D eigenvalue weighted by molar-refractivity contribution is 7.71. The first-order valence-electron chi connectivity index (χ1n) is 5.92. The molecule has 18 heavy (non-hydrogen) atoms. The second-order valence-corrected chi connectivity index (χ2v) is 4.76. The number of hydrogen-bond donors (Lipinski definition) is 2. The largest absolute Gasteiger partial charge is 0.383 e. The van der Waals surface area contributed by atoms with Gasteiger partial charge in [0.05, 0.1) is 6.61 Å². The Morgan fingerprint density at radius 1 is 1.56 bits per heavy atom. The van der Waals surface area contributed by atoms with Crippen molar-refractivity contribution in [2.75, 3.05) is 20.3 Å². The molecule has 1 amide bonds. The average Bonchev–Trinajstić information content (AvgIpc) is 2.70. The van der Waals surface area contributed by atoms with Crippen LogP contribution in [0.3, 0.4) is 0 Å². The second-order valence-electron chi connectivity index (χ2n) is 4.37. The molecule has 0 saturated carbocycles. The summed E-state index contributed by atoms with van der Waals surface area (Å²) in [4.78, 5) is 12.0. The highest BCUT2D eigenvalue weighted by Crippen LogP contribution is 2.17. The van der Waals surface area contributed by atoms with Gasteiger partial charge in [-0.2, -0.15) is 5.10 Å². The number of ether oxygens (including phenoxy) is 1. The molecule has 1 unspecified atom stereocenters. The van der Waals surface area contributed by atoms with Gasteiger partial charge in [0, 0.05) is 19.6 Å². The minimum atomic E-state index is -0.384. The Kier molecular flexibility index (Phi) is 5.49. The first kappa shape index (κ1) is 14.8. The summed E-state index contributed by atoms with van der Waals surface area (Å²) in [6, 6.07) is -0.384. The summed E-state index contributed by atoms with van der Waals surface area (Å²) in [5.74, 6) is 0.896. The van der Waals surface area contributed by atoms with Crippen LogP contribution in [-0.2, 0) is 9.53 Å². The van der Waals surface area contributed by atoms with Gasteiger partial charge in [0.15, 0.2) is 4.77 Å². The van der Waals surface area contributed by atoms with Crippen LogP contribution in [0.2, 0.25) is 0 Å². The fourth-order valence-corrected chi connectivity index (χ4v) is 1.94. The summed E-state index contributed by atoms with van der Waals surface area (Å²) in [5.41, 5.74) is 0. The normalized spacial score (nSPS) is 12.7. The molecule has 1 aromatic rings. The molecule has 0 spiro atoms. The zero-order chi connectivity index (χ0) is 13.7. The van der Waals surface area contributed by atoms with Crippen molar-refractivity contribution in [3.8, 4) is 0 Å². The molecule has 102 valence electrons. The maximum Gasteiger partial charge on any atom is 0.243 e. The van der Waals surface area contributed by atoms with Gasteiger partial charge in [-0.3, -0.25) is 14.5 Å². The molecule has 0 aliphatic carbocycles. The Bertz CT molecular complexity index is 452. The Labute approximate surface area is 112 Å². The van der Waals surface area contributed by atoms with Crippen LogP contribution in [0.1, 0.15) is 38.6 Å². The lowest BCUT2D eigenvalue weighted by Gasteiger charge is -2.16. The molecule has 0 aliphatic heterocycles. The van der Waals surface area contributed by atoms with Crippen LogP contribution < -0.4 is 5.32 Å². The molecular formula is C11H20N4O2S. The lowest BCUT2D eigenvalue weighted by Crippen LogP contribution is -2.34. The Balaban J connectivity index is 2.83. The second kappa shape index (κ2) is 6.65. The van der Waals surface area contributed by atoms with Crippen LogP contribution in [0.25, 0.3) is 0 Å². The van der Waals surface area contributed by atoms with E-state index in [4.69, 9.17) is 17.0 Å². The van der Waals surface area contributed by atoms with E-state index in [2.05, 4.69) is 15.5 Å². The number of methoxy groups -OCH3 is 1. The number of nitrogens with zero attached hydrogens (tertiary/aromatic N) is 2. The lowest BCUT2D eigenvalue weighted by atomic mass is 10.2. The molecule has 1 heterocycles. The number of H-pyrrole nitrogens is 1. The Morgan fingerprint density at radius 2 is 2.22 bits per heavy atom. The highest BCUT2D eigenvalue weighted by atomic mass is 32.1. The van der Waals surface area contributed by atoms with E-state index in [1.54, 1.807) is 18.6 Å². The van der Waals surface area contributed by atoms with Gasteiger partial charge in [0.25, 0.3) is 0 Å². The van der Waals surface area contributed by atoms with Crippen LogP contribution in [-0.4, -0.2) is 40.9 Å². The molecule has 1 atom stereocenters. The minimum absolute atomic E-state index is 0.0912. The van der Waals surface area contributed by atoms with E-state index in [1.165, 1.54) is 0 Å².